The Morgan fingerprint density at radius 3 is 2.70 bits per heavy atom. The minimum atomic E-state index is -0.787. The van der Waals surface area contributed by atoms with Gasteiger partial charge in [0.05, 0.1) is 9.95 Å². The Morgan fingerprint density at radius 1 is 1.50 bits per heavy atom. The molecule has 0 fully saturated rings. The summed E-state index contributed by atoms with van der Waals surface area (Å²) < 4.78 is 5.29. The van der Waals surface area contributed by atoms with E-state index in [-0.39, 0.29) is 28.6 Å². The fraction of sp³-hybridized carbons (Fsp3) is 0.538. The van der Waals surface area contributed by atoms with Gasteiger partial charge in [-0.15, -0.1) is 0 Å². The molecular weight excluding hydrogens is 284 g/mol. The Balaban J connectivity index is 2.64. The first-order valence-corrected chi connectivity index (χ1v) is 6.57. The average Bonchev–Trinajstić information content (AvgIpc) is 2.33. The molecule has 0 aromatic heterocycles. The zero-order valence-electron chi connectivity index (χ0n) is 11.7. The largest absolute Gasteiger partial charge is 0.483 e. The number of halogens is 1. The Bertz CT molecular complexity index is 474. The SMILES string of the molecule is CC(C)(C)NCC(O)COc1c(Cl)cccc1[N+](=O)[O-]. The van der Waals surface area contributed by atoms with Crippen molar-refractivity contribution in [2.24, 2.45) is 0 Å². The fourth-order valence-electron chi connectivity index (χ4n) is 1.45. The van der Waals surface area contributed by atoms with Gasteiger partial charge in [0.1, 0.15) is 12.7 Å². The predicted molar refractivity (Wildman–Crippen MR) is 77.4 cm³/mol. The van der Waals surface area contributed by atoms with E-state index in [4.69, 9.17) is 16.3 Å². The van der Waals surface area contributed by atoms with Crippen molar-refractivity contribution >= 4 is 17.3 Å². The molecule has 0 saturated carbocycles. The standard InChI is InChI=1S/C13H19ClN2O4/c1-13(2,3)15-7-9(17)8-20-12-10(14)5-4-6-11(12)16(18)19/h4-6,9,15,17H,7-8H2,1-3H3. The first-order valence-electron chi connectivity index (χ1n) is 6.19. The van der Waals surface area contributed by atoms with Crippen molar-refractivity contribution < 1.29 is 14.8 Å². The molecule has 0 radical (unpaired) electrons. The van der Waals surface area contributed by atoms with Gasteiger partial charge < -0.3 is 15.2 Å². The molecule has 6 nitrogen and oxygen atoms in total. The molecule has 2 N–H and O–H groups in total. The molecule has 0 aliphatic carbocycles. The molecule has 0 spiro atoms. The van der Waals surface area contributed by atoms with E-state index in [1.54, 1.807) is 0 Å². The van der Waals surface area contributed by atoms with E-state index >= 15 is 0 Å². The van der Waals surface area contributed by atoms with Crippen LogP contribution in [0, 0.1) is 10.1 Å². The second kappa shape index (κ2) is 6.88. The number of aliphatic hydroxyl groups is 1. The molecule has 1 atom stereocenters. The number of hydrogen-bond donors (Lipinski definition) is 2. The van der Waals surface area contributed by atoms with Crippen LogP contribution in [0.3, 0.4) is 0 Å². The van der Waals surface area contributed by atoms with Gasteiger partial charge in [-0.05, 0) is 26.8 Å². The summed E-state index contributed by atoms with van der Waals surface area (Å²) in [4.78, 5) is 10.3. The highest BCUT2D eigenvalue weighted by molar-refractivity contribution is 6.32. The van der Waals surface area contributed by atoms with Crippen LogP contribution in [0.25, 0.3) is 0 Å². The molecule has 1 aromatic rings. The van der Waals surface area contributed by atoms with Gasteiger partial charge in [0, 0.05) is 18.2 Å². The fourth-order valence-corrected chi connectivity index (χ4v) is 1.67. The molecule has 1 unspecified atom stereocenters. The summed E-state index contributed by atoms with van der Waals surface area (Å²) in [6.45, 7) is 6.16. The monoisotopic (exact) mass is 302 g/mol. The van der Waals surface area contributed by atoms with Crippen LogP contribution in [0.4, 0.5) is 5.69 Å². The maximum absolute atomic E-state index is 10.9. The van der Waals surface area contributed by atoms with Gasteiger partial charge in [0.15, 0.2) is 0 Å². The maximum Gasteiger partial charge on any atom is 0.312 e. The lowest BCUT2D eigenvalue weighted by Gasteiger charge is -2.23. The summed E-state index contributed by atoms with van der Waals surface area (Å²) in [5.74, 6) is -0.0195. The van der Waals surface area contributed by atoms with E-state index < -0.39 is 11.0 Å². The van der Waals surface area contributed by atoms with Gasteiger partial charge in [-0.3, -0.25) is 10.1 Å². The molecule has 7 heteroatoms. The lowest BCUT2D eigenvalue weighted by Crippen LogP contribution is -2.42. The summed E-state index contributed by atoms with van der Waals surface area (Å²) in [6.07, 6.45) is -0.787. The molecule has 0 aliphatic heterocycles. The van der Waals surface area contributed by atoms with Crippen molar-refractivity contribution in [2.45, 2.75) is 32.4 Å². The van der Waals surface area contributed by atoms with Gasteiger partial charge in [0.2, 0.25) is 5.75 Å². The van der Waals surface area contributed by atoms with Crippen LogP contribution in [-0.4, -0.2) is 34.8 Å². The van der Waals surface area contributed by atoms with Crippen molar-refractivity contribution in [1.29, 1.82) is 0 Å². The molecule has 0 heterocycles. The summed E-state index contributed by atoms with van der Waals surface area (Å²) >= 11 is 5.88. The third kappa shape index (κ3) is 5.32. The van der Waals surface area contributed by atoms with E-state index in [1.165, 1.54) is 18.2 Å². The van der Waals surface area contributed by atoms with E-state index in [9.17, 15) is 15.2 Å². The first kappa shape index (κ1) is 16.7. The average molecular weight is 303 g/mol. The molecule has 1 aromatic carbocycles. The van der Waals surface area contributed by atoms with Crippen LogP contribution >= 0.6 is 11.6 Å². The van der Waals surface area contributed by atoms with E-state index in [0.29, 0.717) is 6.54 Å². The van der Waals surface area contributed by atoms with Crippen molar-refractivity contribution in [2.75, 3.05) is 13.2 Å². The molecule has 0 amide bonds. The molecule has 20 heavy (non-hydrogen) atoms. The van der Waals surface area contributed by atoms with Crippen LogP contribution in [0.15, 0.2) is 18.2 Å². The van der Waals surface area contributed by atoms with Crippen LogP contribution < -0.4 is 10.1 Å². The number of nitro groups is 1. The number of nitrogens with one attached hydrogen (secondary N) is 1. The third-order valence-electron chi connectivity index (χ3n) is 2.43. The quantitative estimate of drug-likeness (QED) is 0.622. The number of rotatable bonds is 6. The highest BCUT2D eigenvalue weighted by atomic mass is 35.5. The van der Waals surface area contributed by atoms with Crippen LogP contribution in [0.1, 0.15) is 20.8 Å². The molecule has 0 saturated heterocycles. The zero-order valence-corrected chi connectivity index (χ0v) is 12.5. The second-order valence-electron chi connectivity index (χ2n) is 5.44. The van der Waals surface area contributed by atoms with E-state index in [0.717, 1.165) is 0 Å². The zero-order chi connectivity index (χ0) is 15.3. The Hall–Kier alpha value is -1.37. The Kier molecular flexibility index (Phi) is 5.74. The minimum absolute atomic E-state index is 0.0195. The van der Waals surface area contributed by atoms with Crippen LogP contribution in [0.2, 0.25) is 5.02 Å². The van der Waals surface area contributed by atoms with Gasteiger partial charge in [-0.1, -0.05) is 17.7 Å². The smallest absolute Gasteiger partial charge is 0.312 e. The summed E-state index contributed by atoms with van der Waals surface area (Å²) in [7, 11) is 0. The van der Waals surface area contributed by atoms with Crippen molar-refractivity contribution in [3.63, 3.8) is 0 Å². The lowest BCUT2D eigenvalue weighted by atomic mass is 10.1. The van der Waals surface area contributed by atoms with E-state index in [1.807, 2.05) is 20.8 Å². The van der Waals surface area contributed by atoms with Crippen LogP contribution in [-0.2, 0) is 0 Å². The minimum Gasteiger partial charge on any atom is -0.483 e. The van der Waals surface area contributed by atoms with Gasteiger partial charge in [-0.2, -0.15) is 0 Å². The lowest BCUT2D eigenvalue weighted by molar-refractivity contribution is -0.385. The van der Waals surface area contributed by atoms with Crippen molar-refractivity contribution in [3.8, 4) is 5.75 Å². The third-order valence-corrected chi connectivity index (χ3v) is 2.73. The van der Waals surface area contributed by atoms with Crippen LogP contribution in [0.5, 0.6) is 5.75 Å². The molecule has 112 valence electrons. The van der Waals surface area contributed by atoms with Gasteiger partial charge >= 0.3 is 5.69 Å². The topological polar surface area (TPSA) is 84.6 Å². The number of nitrogens with zero attached hydrogens (tertiary/aromatic N) is 1. The first-order chi connectivity index (χ1) is 9.20. The number of ether oxygens (including phenoxy) is 1. The summed E-state index contributed by atoms with van der Waals surface area (Å²) in [5.41, 5.74) is -0.342. The number of nitro benzene ring substituents is 1. The number of hydrogen-bond acceptors (Lipinski definition) is 5. The Morgan fingerprint density at radius 2 is 2.15 bits per heavy atom. The number of para-hydroxylation sites is 1. The Labute approximate surface area is 122 Å². The summed E-state index contributed by atoms with van der Waals surface area (Å²) in [6, 6.07) is 4.29. The highest BCUT2D eigenvalue weighted by Crippen LogP contribution is 2.34. The van der Waals surface area contributed by atoms with E-state index in [2.05, 4.69) is 5.32 Å². The second-order valence-corrected chi connectivity index (χ2v) is 5.85. The van der Waals surface area contributed by atoms with Gasteiger partial charge in [-0.25, -0.2) is 0 Å². The number of aliphatic hydroxyl groups excluding tert-OH is 1. The maximum atomic E-state index is 10.9. The van der Waals surface area contributed by atoms with Gasteiger partial charge in [0.25, 0.3) is 0 Å². The van der Waals surface area contributed by atoms with Crippen molar-refractivity contribution in [3.05, 3.63) is 33.3 Å². The summed E-state index contributed by atoms with van der Waals surface area (Å²) in [5, 5.41) is 23.9. The molecular formula is C13H19ClN2O4. The molecule has 1 rings (SSSR count). The number of benzene rings is 1. The predicted octanol–water partition coefficient (Wildman–Crippen LogP) is 2.38. The highest BCUT2D eigenvalue weighted by Gasteiger charge is 2.20. The molecule has 0 aliphatic rings. The number of β-amino-alcohol motifs (C(OH)–C–C–N with tert-alkyl or cyclic N) is 1. The normalized spacial score (nSPS) is 13.1. The van der Waals surface area contributed by atoms with Crippen molar-refractivity contribution in [1.82, 2.24) is 5.32 Å². The molecule has 0 bridgehead atoms.